The maximum absolute atomic E-state index is 14.7. The SMILES string of the molecule is CS(=O)(=O)C(N)c1cc(F)cc(-c2nccc3[nH]c(-c4n[nH]c5ccc(-c6cncc(NC(=O)CC7CCCCC7)c6)cc45)cc23)c1. The highest BCUT2D eigenvalue weighted by Crippen LogP contribution is 2.36. The number of nitrogens with zero attached hydrogens (tertiary/aromatic N) is 3. The Morgan fingerprint density at radius 2 is 1.77 bits per heavy atom. The van der Waals surface area contributed by atoms with Gasteiger partial charge >= 0.3 is 0 Å². The second kappa shape index (κ2) is 12.3. The third-order valence-corrected chi connectivity index (χ3v) is 10.1. The van der Waals surface area contributed by atoms with Crippen molar-refractivity contribution < 1.29 is 17.6 Å². The molecule has 1 atom stereocenters. The summed E-state index contributed by atoms with van der Waals surface area (Å²) >= 11 is 0. The molecule has 240 valence electrons. The van der Waals surface area contributed by atoms with E-state index in [1.807, 2.05) is 36.4 Å². The Bertz CT molecular complexity index is 2240. The number of amides is 1. The Morgan fingerprint density at radius 1 is 0.957 bits per heavy atom. The number of pyridine rings is 2. The number of H-pyrrole nitrogens is 2. The van der Waals surface area contributed by atoms with Gasteiger partial charge in [0.25, 0.3) is 0 Å². The third kappa shape index (κ3) is 6.38. The van der Waals surface area contributed by atoms with Gasteiger partial charge in [0.05, 0.1) is 28.8 Å². The molecular weight excluding hydrogens is 617 g/mol. The van der Waals surface area contributed by atoms with Crippen LogP contribution >= 0.6 is 0 Å². The quantitative estimate of drug-likeness (QED) is 0.139. The topological polar surface area (TPSA) is 160 Å². The first-order valence-corrected chi connectivity index (χ1v) is 17.5. The molecule has 1 aliphatic rings. The molecule has 1 aliphatic carbocycles. The highest BCUT2D eigenvalue weighted by atomic mass is 32.2. The van der Waals surface area contributed by atoms with Crippen LogP contribution < -0.4 is 11.1 Å². The summed E-state index contributed by atoms with van der Waals surface area (Å²) < 4.78 is 38.9. The molecule has 47 heavy (non-hydrogen) atoms. The van der Waals surface area contributed by atoms with Gasteiger partial charge in [0.1, 0.15) is 16.9 Å². The number of benzene rings is 2. The van der Waals surface area contributed by atoms with E-state index in [1.54, 1.807) is 24.7 Å². The van der Waals surface area contributed by atoms with Crippen LogP contribution in [-0.2, 0) is 14.6 Å². The van der Waals surface area contributed by atoms with Crippen LogP contribution in [-0.4, -0.2) is 45.7 Å². The van der Waals surface area contributed by atoms with E-state index in [4.69, 9.17) is 5.73 Å². The first kappa shape index (κ1) is 30.7. The number of aromatic amines is 2. The fraction of sp³-hybridized carbons (Fsp3) is 0.257. The minimum atomic E-state index is -3.65. The lowest BCUT2D eigenvalue weighted by Gasteiger charge is -2.20. The van der Waals surface area contributed by atoms with Gasteiger partial charge < -0.3 is 16.0 Å². The smallest absolute Gasteiger partial charge is 0.224 e. The molecule has 6 aromatic rings. The first-order valence-electron chi connectivity index (χ1n) is 15.6. The number of hydrogen-bond acceptors (Lipinski definition) is 7. The summed E-state index contributed by atoms with van der Waals surface area (Å²) in [4.78, 5) is 25.1. The highest BCUT2D eigenvalue weighted by molar-refractivity contribution is 7.90. The fourth-order valence-corrected chi connectivity index (χ4v) is 7.13. The third-order valence-electron chi connectivity index (χ3n) is 8.90. The van der Waals surface area contributed by atoms with E-state index in [0.717, 1.165) is 52.7 Å². The van der Waals surface area contributed by atoms with E-state index in [-0.39, 0.29) is 11.5 Å². The summed E-state index contributed by atoms with van der Waals surface area (Å²) in [6.45, 7) is 0. The lowest BCUT2D eigenvalue weighted by Crippen LogP contribution is -2.20. The number of carbonyl (C=O) groups excluding carboxylic acids is 1. The molecule has 0 saturated heterocycles. The number of nitrogens with two attached hydrogens (primary N) is 1. The second-order valence-electron chi connectivity index (χ2n) is 12.4. The zero-order chi connectivity index (χ0) is 32.7. The van der Waals surface area contributed by atoms with Crippen LogP contribution in [0.5, 0.6) is 0 Å². The normalized spacial score (nSPS) is 14.9. The minimum Gasteiger partial charge on any atom is -0.353 e. The molecule has 7 rings (SSSR count). The molecule has 12 heteroatoms. The van der Waals surface area contributed by atoms with E-state index >= 15 is 0 Å². The number of fused-ring (bicyclic) bond motifs is 2. The van der Waals surface area contributed by atoms with E-state index in [9.17, 15) is 17.6 Å². The molecule has 10 nitrogen and oxygen atoms in total. The van der Waals surface area contributed by atoms with Gasteiger partial charge in [-0.3, -0.25) is 19.9 Å². The molecule has 0 radical (unpaired) electrons. The van der Waals surface area contributed by atoms with E-state index in [0.29, 0.717) is 46.1 Å². The molecule has 5 N–H and O–H groups in total. The summed E-state index contributed by atoms with van der Waals surface area (Å²) in [5.41, 5.74) is 12.3. The van der Waals surface area contributed by atoms with Crippen molar-refractivity contribution in [1.82, 2.24) is 25.1 Å². The summed E-state index contributed by atoms with van der Waals surface area (Å²) in [5, 5.41) is 10.9. The summed E-state index contributed by atoms with van der Waals surface area (Å²) in [7, 11) is -3.65. The predicted octanol–water partition coefficient (Wildman–Crippen LogP) is 6.89. The number of rotatable bonds is 8. The molecule has 4 heterocycles. The lowest BCUT2D eigenvalue weighted by atomic mass is 9.87. The van der Waals surface area contributed by atoms with Gasteiger partial charge in [0.2, 0.25) is 5.91 Å². The molecule has 0 aliphatic heterocycles. The maximum atomic E-state index is 14.7. The average molecular weight is 652 g/mol. The van der Waals surface area contributed by atoms with Gasteiger partial charge in [-0.25, -0.2) is 12.8 Å². The maximum Gasteiger partial charge on any atom is 0.224 e. The van der Waals surface area contributed by atoms with Crippen LogP contribution in [0.1, 0.15) is 49.5 Å². The van der Waals surface area contributed by atoms with Crippen molar-refractivity contribution in [3.63, 3.8) is 0 Å². The molecule has 2 aromatic carbocycles. The van der Waals surface area contributed by atoms with E-state index < -0.39 is 21.0 Å². The van der Waals surface area contributed by atoms with E-state index in [1.165, 1.54) is 25.3 Å². The predicted molar refractivity (Wildman–Crippen MR) is 181 cm³/mol. The van der Waals surface area contributed by atoms with Gasteiger partial charge in [-0.05, 0) is 78.4 Å². The van der Waals surface area contributed by atoms with Gasteiger partial charge in [-0.1, -0.05) is 25.3 Å². The Hall–Kier alpha value is -4.94. The van der Waals surface area contributed by atoms with Crippen molar-refractivity contribution in [2.75, 3.05) is 11.6 Å². The van der Waals surface area contributed by atoms with Crippen LogP contribution in [0.3, 0.4) is 0 Å². The van der Waals surface area contributed by atoms with Gasteiger partial charge in [-0.15, -0.1) is 0 Å². The zero-order valence-electron chi connectivity index (χ0n) is 25.8. The van der Waals surface area contributed by atoms with Crippen LogP contribution in [0.2, 0.25) is 0 Å². The number of anilines is 1. The average Bonchev–Trinajstić information content (AvgIpc) is 3.68. The standard InChI is InChI=1S/C35H34FN7O3S/c1-47(45,46)35(37)23-12-22(13-25(36)14-23)33-28-17-31(41-29(28)9-10-39-33)34-27-16-21(7-8-30(27)42-43-34)24-15-26(19-38-18-24)40-32(44)11-20-5-3-2-4-6-20/h7-10,12-20,35,41H,2-6,11,37H2,1H3,(H,40,44)(H,42,43). The molecule has 0 bridgehead atoms. The van der Waals surface area contributed by atoms with Crippen molar-refractivity contribution in [3.8, 4) is 33.8 Å². The van der Waals surface area contributed by atoms with Crippen LogP contribution in [0, 0.1) is 11.7 Å². The first-order chi connectivity index (χ1) is 22.6. The van der Waals surface area contributed by atoms with Crippen molar-refractivity contribution in [2.24, 2.45) is 11.7 Å². The van der Waals surface area contributed by atoms with Crippen LogP contribution in [0.25, 0.3) is 55.6 Å². The molecule has 1 amide bonds. The molecule has 4 aromatic heterocycles. The molecule has 1 saturated carbocycles. The monoisotopic (exact) mass is 651 g/mol. The van der Waals surface area contributed by atoms with Gasteiger partial charge in [0, 0.05) is 52.5 Å². The second-order valence-corrected chi connectivity index (χ2v) is 14.5. The van der Waals surface area contributed by atoms with Crippen molar-refractivity contribution >= 4 is 43.2 Å². The Morgan fingerprint density at radius 3 is 2.57 bits per heavy atom. The fourth-order valence-electron chi connectivity index (χ4n) is 6.50. The summed E-state index contributed by atoms with van der Waals surface area (Å²) in [6.07, 6.45) is 12.4. The molecule has 0 spiro atoms. The number of hydrogen-bond donors (Lipinski definition) is 4. The zero-order valence-corrected chi connectivity index (χ0v) is 26.6. The number of nitrogens with one attached hydrogen (secondary N) is 3. The minimum absolute atomic E-state index is 0.0174. The summed E-state index contributed by atoms with van der Waals surface area (Å²) in [5.74, 6) is -0.147. The lowest BCUT2D eigenvalue weighted by molar-refractivity contribution is -0.117. The summed E-state index contributed by atoms with van der Waals surface area (Å²) in [6, 6.07) is 15.6. The molecular formula is C35H34FN7O3S. The molecule has 1 unspecified atom stereocenters. The van der Waals surface area contributed by atoms with E-state index in [2.05, 4.69) is 30.5 Å². The number of sulfone groups is 1. The Labute approximate surface area is 270 Å². The molecule has 1 fully saturated rings. The number of halogens is 1. The van der Waals surface area contributed by atoms with Crippen LogP contribution in [0.15, 0.2) is 73.2 Å². The van der Waals surface area contributed by atoms with Crippen molar-refractivity contribution in [1.29, 1.82) is 0 Å². The number of carbonyl (C=O) groups is 1. The van der Waals surface area contributed by atoms with Crippen molar-refractivity contribution in [3.05, 3.63) is 84.6 Å². The Balaban J connectivity index is 1.20. The highest BCUT2D eigenvalue weighted by Gasteiger charge is 2.22. The van der Waals surface area contributed by atoms with Gasteiger partial charge in [-0.2, -0.15) is 5.10 Å². The van der Waals surface area contributed by atoms with Gasteiger partial charge in [0.15, 0.2) is 9.84 Å². The van der Waals surface area contributed by atoms with Crippen LogP contribution in [0.4, 0.5) is 10.1 Å². The number of aromatic nitrogens is 5. The van der Waals surface area contributed by atoms with Crippen molar-refractivity contribution in [2.45, 2.75) is 43.9 Å². The largest absolute Gasteiger partial charge is 0.353 e. The Kier molecular flexibility index (Phi) is 8.06.